The van der Waals surface area contributed by atoms with Crippen LogP contribution in [0.1, 0.15) is 59.3 Å². The number of hydrogen-bond donors (Lipinski definition) is 1. The van der Waals surface area contributed by atoms with Crippen LogP contribution in [0, 0.1) is 17.3 Å². The van der Waals surface area contributed by atoms with Crippen LogP contribution in [0.4, 0.5) is 0 Å². The second kappa shape index (κ2) is 5.16. The smallest absolute Gasteiger partial charge is 0.00203 e. The third-order valence-electron chi connectivity index (χ3n) is 4.29. The topological polar surface area (TPSA) is 26.0 Å². The van der Waals surface area contributed by atoms with E-state index in [4.69, 9.17) is 5.73 Å². The molecule has 1 heteroatoms. The molecular formula is C13H27N. The van der Waals surface area contributed by atoms with Crippen molar-refractivity contribution in [3.05, 3.63) is 0 Å². The predicted octanol–water partition coefficient (Wildman–Crippen LogP) is 3.58. The van der Waals surface area contributed by atoms with Gasteiger partial charge in [-0.05, 0) is 49.5 Å². The molecule has 0 aromatic heterocycles. The van der Waals surface area contributed by atoms with Gasteiger partial charge in [0.1, 0.15) is 0 Å². The van der Waals surface area contributed by atoms with Crippen molar-refractivity contribution in [2.75, 3.05) is 6.54 Å². The summed E-state index contributed by atoms with van der Waals surface area (Å²) in [4.78, 5) is 0. The molecule has 14 heavy (non-hydrogen) atoms. The minimum atomic E-state index is 0.510. The Kier molecular flexibility index (Phi) is 4.43. The molecule has 0 heterocycles. The fourth-order valence-corrected chi connectivity index (χ4v) is 3.01. The van der Waals surface area contributed by atoms with Crippen LogP contribution < -0.4 is 5.73 Å². The molecule has 0 aromatic carbocycles. The van der Waals surface area contributed by atoms with Gasteiger partial charge in [0.25, 0.3) is 0 Å². The fraction of sp³-hybridized carbons (Fsp3) is 1.00. The maximum absolute atomic E-state index is 5.99. The molecule has 3 atom stereocenters. The molecule has 1 nitrogen and oxygen atoms in total. The highest BCUT2D eigenvalue weighted by atomic mass is 14.6. The van der Waals surface area contributed by atoms with Crippen LogP contribution in [0.3, 0.4) is 0 Å². The van der Waals surface area contributed by atoms with Gasteiger partial charge in [0.15, 0.2) is 0 Å². The van der Waals surface area contributed by atoms with E-state index < -0.39 is 0 Å². The molecule has 0 aromatic rings. The molecular weight excluding hydrogens is 170 g/mol. The van der Waals surface area contributed by atoms with Gasteiger partial charge in [-0.25, -0.2) is 0 Å². The lowest BCUT2D eigenvalue weighted by molar-refractivity contribution is 0.223. The third-order valence-corrected chi connectivity index (χ3v) is 4.29. The van der Waals surface area contributed by atoms with E-state index in [9.17, 15) is 0 Å². The van der Waals surface area contributed by atoms with E-state index in [0.29, 0.717) is 5.41 Å². The summed E-state index contributed by atoms with van der Waals surface area (Å²) in [6.07, 6.45) is 8.21. The first-order valence-corrected chi connectivity index (χ1v) is 6.36. The maximum atomic E-state index is 5.99. The zero-order chi connectivity index (χ0) is 10.6. The van der Waals surface area contributed by atoms with Gasteiger partial charge < -0.3 is 5.73 Å². The Morgan fingerprint density at radius 1 is 1.43 bits per heavy atom. The Bertz CT molecular complexity index is 167. The van der Waals surface area contributed by atoms with Gasteiger partial charge >= 0.3 is 0 Å². The van der Waals surface area contributed by atoms with Crippen molar-refractivity contribution in [2.45, 2.75) is 59.3 Å². The van der Waals surface area contributed by atoms with E-state index in [-0.39, 0.29) is 0 Å². The molecule has 2 N–H and O–H groups in total. The highest BCUT2D eigenvalue weighted by Gasteiger charge is 2.37. The Hall–Kier alpha value is -0.0400. The zero-order valence-electron chi connectivity index (χ0n) is 10.2. The van der Waals surface area contributed by atoms with Gasteiger partial charge in [0, 0.05) is 0 Å². The lowest BCUT2D eigenvalue weighted by atomic mass is 9.77. The van der Waals surface area contributed by atoms with Crippen molar-refractivity contribution in [2.24, 2.45) is 23.0 Å². The molecule has 0 saturated heterocycles. The van der Waals surface area contributed by atoms with Gasteiger partial charge in [-0.15, -0.1) is 0 Å². The van der Waals surface area contributed by atoms with Crippen molar-refractivity contribution >= 4 is 0 Å². The quantitative estimate of drug-likeness (QED) is 0.716. The molecule has 1 saturated carbocycles. The van der Waals surface area contributed by atoms with Crippen molar-refractivity contribution in [1.82, 2.24) is 0 Å². The van der Waals surface area contributed by atoms with Crippen LogP contribution >= 0.6 is 0 Å². The SMILES string of the molecule is CCC(C)CC1(CN)CCC(CC)C1. The monoisotopic (exact) mass is 197 g/mol. The minimum Gasteiger partial charge on any atom is -0.330 e. The Morgan fingerprint density at radius 2 is 2.14 bits per heavy atom. The van der Waals surface area contributed by atoms with Crippen molar-refractivity contribution in [3.8, 4) is 0 Å². The summed E-state index contributed by atoms with van der Waals surface area (Å²) in [5.74, 6) is 1.82. The summed E-state index contributed by atoms with van der Waals surface area (Å²) in [5, 5.41) is 0. The third kappa shape index (κ3) is 2.73. The van der Waals surface area contributed by atoms with E-state index in [1.807, 2.05) is 0 Å². The molecule has 3 unspecified atom stereocenters. The van der Waals surface area contributed by atoms with E-state index in [1.165, 1.54) is 38.5 Å². The standard InChI is InChI=1S/C13H27N/c1-4-11(3)8-13(10-14)7-6-12(5-2)9-13/h11-12H,4-10,14H2,1-3H3. The molecule has 0 spiro atoms. The lowest BCUT2D eigenvalue weighted by Crippen LogP contribution is -2.29. The summed E-state index contributed by atoms with van der Waals surface area (Å²) in [7, 11) is 0. The van der Waals surface area contributed by atoms with E-state index in [2.05, 4.69) is 20.8 Å². The average molecular weight is 197 g/mol. The first-order chi connectivity index (χ1) is 6.65. The van der Waals surface area contributed by atoms with Gasteiger partial charge in [0.05, 0.1) is 0 Å². The van der Waals surface area contributed by atoms with E-state index in [1.54, 1.807) is 0 Å². The first kappa shape index (κ1) is 12.0. The molecule has 0 amide bonds. The van der Waals surface area contributed by atoms with Gasteiger partial charge in [-0.3, -0.25) is 0 Å². The second-order valence-corrected chi connectivity index (χ2v) is 5.44. The molecule has 0 aliphatic heterocycles. The molecule has 84 valence electrons. The van der Waals surface area contributed by atoms with Gasteiger partial charge in [-0.1, -0.05) is 33.6 Å². The largest absolute Gasteiger partial charge is 0.330 e. The Labute approximate surface area is 89.5 Å². The lowest BCUT2D eigenvalue weighted by Gasteiger charge is -2.30. The van der Waals surface area contributed by atoms with Gasteiger partial charge in [-0.2, -0.15) is 0 Å². The first-order valence-electron chi connectivity index (χ1n) is 6.36. The Morgan fingerprint density at radius 3 is 2.57 bits per heavy atom. The van der Waals surface area contributed by atoms with Gasteiger partial charge in [0.2, 0.25) is 0 Å². The van der Waals surface area contributed by atoms with E-state index >= 15 is 0 Å². The van der Waals surface area contributed by atoms with Crippen LogP contribution in [0.15, 0.2) is 0 Å². The summed E-state index contributed by atoms with van der Waals surface area (Å²) in [6.45, 7) is 7.90. The van der Waals surface area contributed by atoms with Crippen LogP contribution in [0.5, 0.6) is 0 Å². The average Bonchev–Trinajstić information content (AvgIpc) is 2.62. The van der Waals surface area contributed by atoms with E-state index in [0.717, 1.165) is 18.4 Å². The highest BCUT2D eigenvalue weighted by molar-refractivity contribution is 4.90. The molecule has 0 bridgehead atoms. The number of hydrogen-bond acceptors (Lipinski definition) is 1. The summed E-state index contributed by atoms with van der Waals surface area (Å²) in [5.41, 5.74) is 6.50. The van der Waals surface area contributed by atoms with Crippen molar-refractivity contribution < 1.29 is 0 Å². The number of nitrogens with two attached hydrogens (primary N) is 1. The van der Waals surface area contributed by atoms with Crippen molar-refractivity contribution in [1.29, 1.82) is 0 Å². The molecule has 1 rings (SSSR count). The maximum Gasteiger partial charge on any atom is -0.00203 e. The van der Waals surface area contributed by atoms with Crippen LogP contribution in [0.25, 0.3) is 0 Å². The highest BCUT2D eigenvalue weighted by Crippen LogP contribution is 2.46. The summed E-state index contributed by atoms with van der Waals surface area (Å²) >= 11 is 0. The van der Waals surface area contributed by atoms with Crippen LogP contribution in [-0.2, 0) is 0 Å². The molecule has 1 aliphatic carbocycles. The predicted molar refractivity (Wildman–Crippen MR) is 63.2 cm³/mol. The molecule has 1 fully saturated rings. The van der Waals surface area contributed by atoms with Crippen molar-refractivity contribution in [3.63, 3.8) is 0 Å². The number of rotatable bonds is 5. The fourth-order valence-electron chi connectivity index (χ4n) is 3.01. The van der Waals surface area contributed by atoms with Crippen LogP contribution in [-0.4, -0.2) is 6.54 Å². The van der Waals surface area contributed by atoms with Crippen LogP contribution in [0.2, 0.25) is 0 Å². The molecule has 0 radical (unpaired) electrons. The normalized spacial score (nSPS) is 34.7. The Balaban J connectivity index is 2.51. The molecule has 1 aliphatic rings. The minimum absolute atomic E-state index is 0.510. The summed E-state index contributed by atoms with van der Waals surface area (Å²) in [6, 6.07) is 0. The summed E-state index contributed by atoms with van der Waals surface area (Å²) < 4.78 is 0. The second-order valence-electron chi connectivity index (χ2n) is 5.44. The zero-order valence-corrected chi connectivity index (χ0v) is 10.2.